The fourth-order valence-electron chi connectivity index (χ4n) is 3.08. The Bertz CT molecular complexity index is 802. The quantitative estimate of drug-likeness (QED) is 0.771. The van der Waals surface area contributed by atoms with Crippen LogP contribution in [-0.4, -0.2) is 42.1 Å². The van der Waals surface area contributed by atoms with E-state index in [1.54, 1.807) is 17.0 Å². The zero-order valence-corrected chi connectivity index (χ0v) is 15.1. The summed E-state index contributed by atoms with van der Waals surface area (Å²) in [5.74, 6) is 0.0474. The Morgan fingerprint density at radius 1 is 1.04 bits per heavy atom. The van der Waals surface area contributed by atoms with Crippen LogP contribution >= 0.6 is 0 Å². The van der Waals surface area contributed by atoms with Gasteiger partial charge in [-0.3, -0.25) is 4.79 Å². The highest BCUT2D eigenvalue weighted by atomic mass is 16.5. The minimum Gasteiger partial charge on any atom is -0.504 e. The number of para-hydroxylation sites is 1. The monoisotopic (exact) mass is 369 g/mol. The summed E-state index contributed by atoms with van der Waals surface area (Å²) in [6.45, 7) is 1.04. The number of hydrogen-bond acceptors (Lipinski definition) is 4. The van der Waals surface area contributed by atoms with E-state index in [9.17, 15) is 14.7 Å². The van der Waals surface area contributed by atoms with E-state index in [-0.39, 0.29) is 23.6 Å². The van der Waals surface area contributed by atoms with Crippen molar-refractivity contribution in [2.24, 2.45) is 5.92 Å². The highest BCUT2D eigenvalue weighted by Gasteiger charge is 2.27. The number of carbonyl (C=O) groups excluding carboxylic acids is 2. The van der Waals surface area contributed by atoms with Crippen molar-refractivity contribution >= 4 is 23.3 Å². The van der Waals surface area contributed by atoms with Crippen molar-refractivity contribution in [2.75, 3.05) is 30.8 Å². The lowest BCUT2D eigenvalue weighted by Crippen LogP contribution is -2.43. The molecule has 1 fully saturated rings. The van der Waals surface area contributed by atoms with Crippen molar-refractivity contribution in [1.82, 2.24) is 4.90 Å². The van der Waals surface area contributed by atoms with Gasteiger partial charge >= 0.3 is 6.03 Å². The molecule has 7 heteroatoms. The fourth-order valence-corrected chi connectivity index (χ4v) is 3.08. The van der Waals surface area contributed by atoms with Crippen LogP contribution in [0, 0.1) is 5.92 Å². The lowest BCUT2D eigenvalue weighted by atomic mass is 9.96. The molecule has 3 N–H and O–H groups in total. The van der Waals surface area contributed by atoms with E-state index in [0.29, 0.717) is 37.4 Å². The van der Waals surface area contributed by atoms with Crippen molar-refractivity contribution in [3.8, 4) is 11.5 Å². The van der Waals surface area contributed by atoms with E-state index < -0.39 is 0 Å². The van der Waals surface area contributed by atoms with Crippen LogP contribution in [0.4, 0.5) is 16.2 Å². The maximum absolute atomic E-state index is 12.5. The molecule has 0 spiro atoms. The largest absolute Gasteiger partial charge is 0.504 e. The molecule has 0 aromatic heterocycles. The number of methoxy groups -OCH3 is 1. The third kappa shape index (κ3) is 4.69. The topological polar surface area (TPSA) is 90.9 Å². The van der Waals surface area contributed by atoms with E-state index in [2.05, 4.69) is 10.6 Å². The number of hydrogen-bond donors (Lipinski definition) is 3. The zero-order chi connectivity index (χ0) is 19.2. The van der Waals surface area contributed by atoms with Crippen molar-refractivity contribution in [2.45, 2.75) is 12.8 Å². The standard InChI is InChI=1S/C20H23N3O4/c1-27-18-8-7-16(13-17(18)24)21-19(25)14-9-11-23(12-10-14)20(26)22-15-5-3-2-4-6-15/h2-8,13-14,24H,9-12H2,1H3,(H,21,25)(H,22,26). The minimum atomic E-state index is -0.171. The lowest BCUT2D eigenvalue weighted by molar-refractivity contribution is -0.121. The van der Waals surface area contributed by atoms with E-state index >= 15 is 0 Å². The van der Waals surface area contributed by atoms with E-state index in [1.165, 1.54) is 13.2 Å². The van der Waals surface area contributed by atoms with Crippen LogP contribution in [0.25, 0.3) is 0 Å². The number of phenolic OH excluding ortho intramolecular Hbond substituents is 1. The second kappa shape index (κ2) is 8.44. The molecule has 2 aromatic carbocycles. The number of rotatable bonds is 4. The second-order valence-electron chi connectivity index (χ2n) is 6.43. The average molecular weight is 369 g/mol. The van der Waals surface area contributed by atoms with Crippen LogP contribution in [0.1, 0.15) is 12.8 Å². The minimum absolute atomic E-state index is 0.0253. The Labute approximate surface area is 157 Å². The third-order valence-corrected chi connectivity index (χ3v) is 4.62. The summed E-state index contributed by atoms with van der Waals surface area (Å²) in [5, 5.41) is 15.5. The summed E-state index contributed by atoms with van der Waals surface area (Å²) in [4.78, 5) is 26.5. The number of phenols is 1. The van der Waals surface area contributed by atoms with Gasteiger partial charge in [0.2, 0.25) is 5.91 Å². The number of nitrogens with one attached hydrogen (secondary N) is 2. The number of carbonyl (C=O) groups is 2. The first-order valence-electron chi connectivity index (χ1n) is 8.85. The number of urea groups is 1. The lowest BCUT2D eigenvalue weighted by Gasteiger charge is -2.31. The first-order chi connectivity index (χ1) is 13.1. The molecule has 1 saturated heterocycles. The van der Waals surface area contributed by atoms with E-state index in [1.807, 2.05) is 30.3 Å². The first kappa shape index (κ1) is 18.6. The summed E-state index contributed by atoms with van der Waals surface area (Å²) < 4.78 is 4.99. The van der Waals surface area contributed by atoms with Crippen molar-refractivity contribution in [3.05, 3.63) is 48.5 Å². The molecule has 2 aromatic rings. The van der Waals surface area contributed by atoms with Crippen molar-refractivity contribution in [1.29, 1.82) is 0 Å². The Balaban J connectivity index is 1.50. The van der Waals surface area contributed by atoms with Crippen LogP contribution in [-0.2, 0) is 4.79 Å². The highest BCUT2D eigenvalue weighted by Crippen LogP contribution is 2.29. The zero-order valence-electron chi connectivity index (χ0n) is 15.1. The Morgan fingerprint density at radius 2 is 1.74 bits per heavy atom. The van der Waals surface area contributed by atoms with Gasteiger partial charge in [0.15, 0.2) is 11.5 Å². The summed E-state index contributed by atoms with van der Waals surface area (Å²) in [7, 11) is 1.47. The van der Waals surface area contributed by atoms with Gasteiger partial charge in [-0.25, -0.2) is 4.79 Å². The normalized spacial score (nSPS) is 14.5. The molecule has 0 bridgehead atoms. The molecule has 0 unspecified atom stereocenters. The number of anilines is 2. The number of likely N-dealkylation sites (tertiary alicyclic amines) is 1. The molecule has 27 heavy (non-hydrogen) atoms. The smallest absolute Gasteiger partial charge is 0.321 e. The average Bonchev–Trinajstić information content (AvgIpc) is 2.69. The molecular formula is C20H23N3O4. The van der Waals surface area contributed by atoms with Gasteiger partial charge in [0.25, 0.3) is 0 Å². The number of piperidine rings is 1. The molecule has 1 aliphatic rings. The molecule has 7 nitrogen and oxygen atoms in total. The van der Waals surface area contributed by atoms with Crippen LogP contribution in [0.5, 0.6) is 11.5 Å². The van der Waals surface area contributed by atoms with Gasteiger partial charge in [-0.05, 0) is 37.1 Å². The SMILES string of the molecule is COc1ccc(NC(=O)C2CCN(C(=O)Nc3ccccc3)CC2)cc1O. The van der Waals surface area contributed by atoms with Gasteiger partial charge in [-0.2, -0.15) is 0 Å². The highest BCUT2D eigenvalue weighted by molar-refractivity contribution is 5.93. The second-order valence-corrected chi connectivity index (χ2v) is 6.43. The van der Waals surface area contributed by atoms with E-state index in [4.69, 9.17) is 4.74 Å². The van der Waals surface area contributed by atoms with Gasteiger partial charge in [-0.1, -0.05) is 18.2 Å². The Morgan fingerprint density at radius 3 is 2.37 bits per heavy atom. The predicted octanol–water partition coefficient (Wildman–Crippen LogP) is 3.28. The first-order valence-corrected chi connectivity index (χ1v) is 8.85. The molecule has 3 rings (SSSR count). The summed E-state index contributed by atoms with van der Waals surface area (Å²) in [6.07, 6.45) is 1.19. The summed E-state index contributed by atoms with van der Waals surface area (Å²) >= 11 is 0. The maximum Gasteiger partial charge on any atom is 0.321 e. The van der Waals surface area contributed by atoms with Gasteiger partial charge < -0.3 is 25.4 Å². The number of benzene rings is 2. The van der Waals surface area contributed by atoms with Crippen LogP contribution in [0.2, 0.25) is 0 Å². The Hall–Kier alpha value is -3.22. The maximum atomic E-state index is 12.5. The van der Waals surface area contributed by atoms with Gasteiger partial charge in [0.1, 0.15) is 0 Å². The summed E-state index contributed by atoms with van der Waals surface area (Å²) in [5.41, 5.74) is 1.27. The molecule has 1 heterocycles. The molecule has 142 valence electrons. The van der Waals surface area contributed by atoms with Gasteiger partial charge in [0, 0.05) is 36.4 Å². The predicted molar refractivity (Wildman–Crippen MR) is 103 cm³/mol. The molecule has 0 radical (unpaired) electrons. The Kier molecular flexibility index (Phi) is 5.80. The van der Waals surface area contributed by atoms with Crippen LogP contribution in [0.3, 0.4) is 0 Å². The molecule has 0 saturated carbocycles. The number of aromatic hydroxyl groups is 1. The van der Waals surface area contributed by atoms with Crippen LogP contribution < -0.4 is 15.4 Å². The number of amides is 3. The van der Waals surface area contributed by atoms with Crippen molar-refractivity contribution < 1.29 is 19.4 Å². The third-order valence-electron chi connectivity index (χ3n) is 4.62. The van der Waals surface area contributed by atoms with Crippen molar-refractivity contribution in [3.63, 3.8) is 0 Å². The van der Waals surface area contributed by atoms with Crippen LogP contribution in [0.15, 0.2) is 48.5 Å². The number of ether oxygens (including phenoxy) is 1. The summed E-state index contributed by atoms with van der Waals surface area (Å²) in [6, 6.07) is 13.9. The van der Waals surface area contributed by atoms with Gasteiger partial charge in [0.05, 0.1) is 7.11 Å². The molecular weight excluding hydrogens is 346 g/mol. The molecule has 3 amide bonds. The number of nitrogens with zero attached hydrogens (tertiary/aromatic N) is 1. The molecule has 0 atom stereocenters. The van der Waals surface area contributed by atoms with Gasteiger partial charge in [-0.15, -0.1) is 0 Å². The molecule has 1 aliphatic heterocycles. The fraction of sp³-hybridized carbons (Fsp3) is 0.300. The molecule has 0 aliphatic carbocycles. The van der Waals surface area contributed by atoms with E-state index in [0.717, 1.165) is 5.69 Å².